The molecule has 10 heteroatoms. The highest BCUT2D eigenvalue weighted by atomic mass is 32.1. The van der Waals surface area contributed by atoms with E-state index in [-0.39, 0.29) is 0 Å². The number of hydrogen-bond donors (Lipinski definition) is 2. The molecular formula is C19H25F3N4O2S. The second-order valence-corrected chi connectivity index (χ2v) is 6.92. The molecule has 1 aromatic carbocycles. The molecule has 0 aliphatic rings. The van der Waals surface area contributed by atoms with Gasteiger partial charge in [-0.05, 0) is 24.6 Å². The fourth-order valence-corrected chi connectivity index (χ4v) is 3.09. The van der Waals surface area contributed by atoms with Crippen LogP contribution in [0.1, 0.15) is 23.2 Å². The second kappa shape index (κ2) is 11.6. The highest BCUT2D eigenvalue weighted by molar-refractivity contribution is 7.09. The summed E-state index contributed by atoms with van der Waals surface area (Å²) in [6.07, 6.45) is -4.01. The number of rotatable bonds is 10. The molecule has 0 radical (unpaired) electrons. The van der Waals surface area contributed by atoms with Gasteiger partial charge >= 0.3 is 6.18 Å². The molecule has 6 nitrogen and oxygen atoms in total. The Morgan fingerprint density at radius 3 is 2.55 bits per heavy atom. The van der Waals surface area contributed by atoms with Gasteiger partial charge in [-0.15, -0.1) is 11.3 Å². The molecule has 29 heavy (non-hydrogen) atoms. The maximum atomic E-state index is 12.6. The minimum atomic E-state index is -4.40. The van der Waals surface area contributed by atoms with Crippen LogP contribution < -0.4 is 15.4 Å². The maximum Gasteiger partial charge on any atom is 0.434 e. The van der Waals surface area contributed by atoms with Gasteiger partial charge in [0.2, 0.25) is 0 Å². The lowest BCUT2D eigenvalue weighted by atomic mass is 10.2. The van der Waals surface area contributed by atoms with Crippen molar-refractivity contribution in [1.29, 1.82) is 0 Å². The Hall–Kier alpha value is -2.33. The molecule has 1 heterocycles. The summed E-state index contributed by atoms with van der Waals surface area (Å²) >= 11 is 1.01. The zero-order chi connectivity index (χ0) is 21.1. The quantitative estimate of drug-likeness (QED) is 0.343. The van der Waals surface area contributed by atoms with Crippen molar-refractivity contribution in [2.24, 2.45) is 4.99 Å². The van der Waals surface area contributed by atoms with Gasteiger partial charge in [0.05, 0.1) is 18.2 Å². The van der Waals surface area contributed by atoms with Crippen molar-refractivity contribution < 1.29 is 22.6 Å². The predicted molar refractivity (Wildman–Crippen MR) is 107 cm³/mol. The van der Waals surface area contributed by atoms with Crippen LogP contribution in [-0.4, -0.2) is 44.4 Å². The highest BCUT2D eigenvalue weighted by Gasteiger charge is 2.33. The van der Waals surface area contributed by atoms with Crippen LogP contribution in [-0.2, 0) is 23.9 Å². The van der Waals surface area contributed by atoms with Gasteiger partial charge in [0.1, 0.15) is 12.4 Å². The zero-order valence-corrected chi connectivity index (χ0v) is 17.2. The van der Waals surface area contributed by atoms with Gasteiger partial charge in [0, 0.05) is 32.0 Å². The van der Waals surface area contributed by atoms with Gasteiger partial charge in [0.25, 0.3) is 0 Å². The molecule has 2 N–H and O–H groups in total. The van der Waals surface area contributed by atoms with Crippen molar-refractivity contribution in [1.82, 2.24) is 15.6 Å². The van der Waals surface area contributed by atoms with Gasteiger partial charge in [-0.25, -0.2) is 9.98 Å². The van der Waals surface area contributed by atoms with E-state index in [1.807, 2.05) is 31.2 Å². The largest absolute Gasteiger partial charge is 0.491 e. The Balaban J connectivity index is 1.83. The van der Waals surface area contributed by atoms with Crippen molar-refractivity contribution in [3.05, 3.63) is 45.9 Å². The third-order valence-corrected chi connectivity index (χ3v) is 4.63. The summed E-state index contributed by atoms with van der Waals surface area (Å²) in [6, 6.07) is 7.62. The van der Waals surface area contributed by atoms with E-state index in [1.54, 1.807) is 7.11 Å². The molecule has 0 amide bonds. The Labute approximate surface area is 172 Å². The minimum Gasteiger partial charge on any atom is -0.491 e. The summed E-state index contributed by atoms with van der Waals surface area (Å²) < 4.78 is 48.3. The second-order valence-electron chi connectivity index (χ2n) is 5.98. The van der Waals surface area contributed by atoms with Gasteiger partial charge in [-0.2, -0.15) is 13.2 Å². The molecule has 0 spiro atoms. The van der Waals surface area contributed by atoms with E-state index in [1.165, 1.54) is 0 Å². The lowest BCUT2D eigenvalue weighted by Crippen LogP contribution is -2.38. The highest BCUT2D eigenvalue weighted by Crippen LogP contribution is 2.30. The molecular weight excluding hydrogens is 405 g/mol. The van der Waals surface area contributed by atoms with E-state index < -0.39 is 11.9 Å². The summed E-state index contributed by atoms with van der Waals surface area (Å²) in [7, 11) is 1.62. The van der Waals surface area contributed by atoms with Crippen LogP contribution in [0.4, 0.5) is 13.2 Å². The third kappa shape index (κ3) is 8.28. The first kappa shape index (κ1) is 23.0. The number of hydrogen-bond acceptors (Lipinski definition) is 5. The van der Waals surface area contributed by atoms with E-state index >= 15 is 0 Å². The summed E-state index contributed by atoms with van der Waals surface area (Å²) in [5.41, 5.74) is 0.170. The maximum absolute atomic E-state index is 12.6. The number of nitrogens with one attached hydrogen (secondary N) is 2. The number of alkyl halides is 3. The number of benzene rings is 1. The number of ether oxygens (including phenoxy) is 2. The first-order valence-corrected chi connectivity index (χ1v) is 10.0. The molecule has 0 fully saturated rings. The Morgan fingerprint density at radius 1 is 1.17 bits per heavy atom. The first-order valence-electron chi connectivity index (χ1n) is 9.16. The van der Waals surface area contributed by atoms with Crippen LogP contribution in [0.3, 0.4) is 0 Å². The van der Waals surface area contributed by atoms with Crippen LogP contribution >= 0.6 is 11.3 Å². The van der Waals surface area contributed by atoms with Crippen LogP contribution in [0.25, 0.3) is 0 Å². The van der Waals surface area contributed by atoms with Gasteiger partial charge in [-0.1, -0.05) is 12.1 Å². The molecule has 0 unspecified atom stereocenters. The summed E-state index contributed by atoms with van der Waals surface area (Å²) in [5, 5.41) is 7.71. The molecule has 2 rings (SSSR count). The summed E-state index contributed by atoms with van der Waals surface area (Å²) in [5.74, 6) is 1.36. The summed E-state index contributed by atoms with van der Waals surface area (Å²) in [4.78, 5) is 8.13. The van der Waals surface area contributed by atoms with Crippen molar-refractivity contribution in [3.8, 4) is 5.75 Å². The van der Waals surface area contributed by atoms with Crippen molar-refractivity contribution in [2.45, 2.75) is 26.1 Å². The third-order valence-electron chi connectivity index (χ3n) is 3.72. The predicted octanol–water partition coefficient (Wildman–Crippen LogP) is 3.48. The van der Waals surface area contributed by atoms with E-state index in [2.05, 4.69) is 20.6 Å². The lowest BCUT2D eigenvalue weighted by molar-refractivity contribution is -0.140. The van der Waals surface area contributed by atoms with Crippen LogP contribution in [0.5, 0.6) is 5.75 Å². The van der Waals surface area contributed by atoms with E-state index in [4.69, 9.17) is 9.47 Å². The lowest BCUT2D eigenvalue weighted by Gasteiger charge is -2.11. The minimum absolute atomic E-state index is 0.388. The molecule has 0 aliphatic heterocycles. The van der Waals surface area contributed by atoms with Crippen LogP contribution in [0.2, 0.25) is 0 Å². The zero-order valence-electron chi connectivity index (χ0n) is 16.4. The standard InChI is InChI=1S/C19H25F3N4O2S/c1-3-23-18(24-9-8-17-26-16(13-29-17)19(20,21)22)25-12-14-4-6-15(7-5-14)28-11-10-27-2/h4-7,13H,3,8-12H2,1-2H3,(H2,23,24,25). The Kier molecular flexibility index (Phi) is 9.20. The molecule has 0 aliphatic carbocycles. The average Bonchev–Trinajstić information content (AvgIpc) is 3.17. The molecule has 1 aromatic heterocycles. The van der Waals surface area contributed by atoms with E-state index in [0.29, 0.717) is 50.2 Å². The number of nitrogens with zero attached hydrogens (tertiary/aromatic N) is 2. The fourth-order valence-electron chi connectivity index (χ4n) is 2.29. The molecule has 0 bridgehead atoms. The van der Waals surface area contributed by atoms with E-state index in [9.17, 15) is 13.2 Å². The topological polar surface area (TPSA) is 67.8 Å². The van der Waals surface area contributed by atoms with Gasteiger partial charge in [0.15, 0.2) is 11.7 Å². The van der Waals surface area contributed by atoms with Crippen molar-refractivity contribution in [2.75, 3.05) is 33.4 Å². The summed E-state index contributed by atoms with van der Waals surface area (Å²) in [6.45, 7) is 4.54. The normalized spacial score (nSPS) is 12.1. The fraction of sp³-hybridized carbons (Fsp3) is 0.474. The Bertz CT molecular complexity index is 764. The van der Waals surface area contributed by atoms with Gasteiger partial charge < -0.3 is 20.1 Å². The smallest absolute Gasteiger partial charge is 0.434 e. The van der Waals surface area contributed by atoms with Crippen molar-refractivity contribution in [3.63, 3.8) is 0 Å². The number of aliphatic imine (C=N–C) groups is 1. The average molecular weight is 430 g/mol. The van der Waals surface area contributed by atoms with Crippen LogP contribution in [0, 0.1) is 0 Å². The molecule has 160 valence electrons. The molecule has 0 saturated heterocycles. The number of thiazole rings is 1. The molecule has 0 atom stereocenters. The van der Waals surface area contributed by atoms with Crippen molar-refractivity contribution >= 4 is 17.3 Å². The number of halogens is 3. The first-order chi connectivity index (χ1) is 13.9. The monoisotopic (exact) mass is 430 g/mol. The molecule has 0 saturated carbocycles. The van der Waals surface area contributed by atoms with E-state index in [0.717, 1.165) is 28.0 Å². The molecule has 2 aromatic rings. The number of methoxy groups -OCH3 is 1. The number of aromatic nitrogens is 1. The SMILES string of the molecule is CCNC(=NCc1ccc(OCCOC)cc1)NCCc1nc(C(F)(F)F)cs1. The Morgan fingerprint density at radius 2 is 1.93 bits per heavy atom. The van der Waals surface area contributed by atoms with Gasteiger partial charge in [-0.3, -0.25) is 0 Å². The number of guanidine groups is 1. The van der Waals surface area contributed by atoms with Crippen LogP contribution in [0.15, 0.2) is 34.6 Å².